The van der Waals surface area contributed by atoms with Crippen LogP contribution in [0.5, 0.6) is 0 Å². The van der Waals surface area contributed by atoms with Crippen LogP contribution in [0.1, 0.15) is 30.9 Å². The maximum absolute atomic E-state index is 12.7. The van der Waals surface area contributed by atoms with Crippen molar-refractivity contribution < 1.29 is 4.52 Å². The number of thiophene rings is 1. The highest BCUT2D eigenvalue weighted by atomic mass is 32.1. The van der Waals surface area contributed by atoms with Gasteiger partial charge in [-0.05, 0) is 24.8 Å². The monoisotopic (exact) mass is 354 g/mol. The van der Waals surface area contributed by atoms with E-state index in [0.717, 1.165) is 39.6 Å². The Labute approximate surface area is 148 Å². The van der Waals surface area contributed by atoms with Crippen molar-refractivity contribution >= 4 is 17.0 Å². The molecule has 4 heterocycles. The Morgan fingerprint density at radius 2 is 2.16 bits per heavy atom. The van der Waals surface area contributed by atoms with E-state index < -0.39 is 0 Å². The first-order valence-electron chi connectivity index (χ1n) is 8.28. The summed E-state index contributed by atoms with van der Waals surface area (Å²) in [7, 11) is 0. The van der Waals surface area contributed by atoms with Crippen LogP contribution in [0, 0.1) is 6.92 Å². The second kappa shape index (κ2) is 6.00. The number of fused-ring (bicyclic) bond motifs is 1. The molecule has 128 valence electrons. The number of aryl methyl sites for hydroxylation is 3. The quantitative estimate of drug-likeness (QED) is 0.604. The molecule has 0 spiro atoms. The summed E-state index contributed by atoms with van der Waals surface area (Å²) in [5, 5.41) is 9.32. The molecule has 0 aliphatic carbocycles. The molecule has 0 fully saturated rings. The number of hydrogen-bond acceptors (Lipinski definition) is 5. The Morgan fingerprint density at radius 1 is 1.32 bits per heavy atom. The average Bonchev–Trinajstić information content (AvgIpc) is 3.33. The molecular weight excluding hydrogens is 336 g/mol. The molecular formula is C18H18N4O2S. The van der Waals surface area contributed by atoms with Gasteiger partial charge in [-0.25, -0.2) is 9.50 Å². The van der Waals surface area contributed by atoms with E-state index in [1.165, 1.54) is 4.52 Å². The molecule has 7 heteroatoms. The predicted octanol–water partition coefficient (Wildman–Crippen LogP) is 3.84. The van der Waals surface area contributed by atoms with Gasteiger partial charge in [0.1, 0.15) is 5.76 Å². The Kier molecular flexibility index (Phi) is 3.80. The zero-order valence-corrected chi connectivity index (χ0v) is 15.1. The van der Waals surface area contributed by atoms with Gasteiger partial charge in [-0.15, -0.1) is 11.3 Å². The van der Waals surface area contributed by atoms with E-state index in [4.69, 9.17) is 9.51 Å². The second-order valence-corrected chi connectivity index (χ2v) is 6.81. The molecule has 0 saturated carbocycles. The van der Waals surface area contributed by atoms with Crippen molar-refractivity contribution in [3.8, 4) is 21.8 Å². The average molecular weight is 354 g/mol. The lowest BCUT2D eigenvalue weighted by molar-refractivity contribution is 0.381. The summed E-state index contributed by atoms with van der Waals surface area (Å²) in [5.41, 5.74) is 4.68. The molecule has 0 unspecified atom stereocenters. The summed E-state index contributed by atoms with van der Waals surface area (Å²) in [6.45, 7) is 6.00. The van der Waals surface area contributed by atoms with Gasteiger partial charge in [0.2, 0.25) is 0 Å². The summed E-state index contributed by atoms with van der Waals surface area (Å²) < 4.78 is 6.93. The lowest BCUT2D eigenvalue weighted by Crippen LogP contribution is -2.14. The zero-order valence-electron chi connectivity index (χ0n) is 14.3. The van der Waals surface area contributed by atoms with E-state index in [2.05, 4.69) is 10.3 Å². The van der Waals surface area contributed by atoms with Crippen molar-refractivity contribution in [1.82, 2.24) is 19.8 Å². The van der Waals surface area contributed by atoms with E-state index in [-0.39, 0.29) is 5.56 Å². The third kappa shape index (κ3) is 2.42. The van der Waals surface area contributed by atoms with Crippen LogP contribution in [-0.4, -0.2) is 19.8 Å². The van der Waals surface area contributed by atoms with E-state index in [0.29, 0.717) is 17.8 Å². The maximum Gasteiger partial charge on any atom is 0.273 e. The Morgan fingerprint density at radius 3 is 2.84 bits per heavy atom. The molecule has 4 aromatic heterocycles. The van der Waals surface area contributed by atoms with Gasteiger partial charge < -0.3 is 4.52 Å². The Hall–Kier alpha value is -2.67. The first kappa shape index (κ1) is 15.8. The molecule has 25 heavy (non-hydrogen) atoms. The van der Waals surface area contributed by atoms with Gasteiger partial charge in [-0.3, -0.25) is 9.89 Å². The first-order valence-corrected chi connectivity index (χ1v) is 9.16. The summed E-state index contributed by atoms with van der Waals surface area (Å²) in [6, 6.07) is 5.56. The van der Waals surface area contributed by atoms with Gasteiger partial charge in [0, 0.05) is 18.1 Å². The highest BCUT2D eigenvalue weighted by Crippen LogP contribution is 2.30. The van der Waals surface area contributed by atoms with Crippen LogP contribution in [0.3, 0.4) is 0 Å². The number of aromatic amines is 1. The molecule has 0 aliphatic heterocycles. The molecule has 0 saturated heterocycles. The van der Waals surface area contributed by atoms with Crippen LogP contribution in [0.2, 0.25) is 0 Å². The van der Waals surface area contributed by atoms with Crippen molar-refractivity contribution in [1.29, 1.82) is 0 Å². The molecule has 0 amide bonds. The van der Waals surface area contributed by atoms with E-state index in [9.17, 15) is 4.79 Å². The van der Waals surface area contributed by atoms with Gasteiger partial charge in [0.15, 0.2) is 5.65 Å². The molecule has 0 radical (unpaired) electrons. The minimum atomic E-state index is -0.142. The van der Waals surface area contributed by atoms with Gasteiger partial charge in [-0.2, -0.15) is 0 Å². The van der Waals surface area contributed by atoms with Gasteiger partial charge in [-0.1, -0.05) is 25.1 Å². The van der Waals surface area contributed by atoms with E-state index >= 15 is 0 Å². The number of nitrogens with zero attached hydrogens (tertiary/aromatic N) is 3. The minimum Gasteiger partial charge on any atom is -0.360 e. The SMILES string of the molecule is CCc1noc(CC)c1-c1cc(=O)n2[nH]c(-c3cccs3)c(C)c2n1. The second-order valence-electron chi connectivity index (χ2n) is 5.86. The van der Waals surface area contributed by atoms with Crippen LogP contribution in [0.4, 0.5) is 0 Å². The minimum absolute atomic E-state index is 0.142. The fraction of sp³-hybridized carbons (Fsp3) is 0.278. The zero-order chi connectivity index (χ0) is 17.6. The molecule has 4 rings (SSSR count). The third-order valence-corrected chi connectivity index (χ3v) is 5.25. The first-order chi connectivity index (χ1) is 12.1. The number of aromatic nitrogens is 4. The summed E-state index contributed by atoms with van der Waals surface area (Å²) in [5.74, 6) is 0.764. The lowest BCUT2D eigenvalue weighted by Gasteiger charge is -2.02. The molecule has 0 atom stereocenters. The van der Waals surface area contributed by atoms with Crippen LogP contribution < -0.4 is 5.56 Å². The Bertz CT molecular complexity index is 1080. The van der Waals surface area contributed by atoms with Crippen molar-refractivity contribution in [3.63, 3.8) is 0 Å². The smallest absolute Gasteiger partial charge is 0.273 e. The number of hydrogen-bond donors (Lipinski definition) is 1. The highest BCUT2D eigenvalue weighted by Gasteiger charge is 2.20. The summed E-state index contributed by atoms with van der Waals surface area (Å²) in [6.07, 6.45) is 1.43. The van der Waals surface area contributed by atoms with Crippen molar-refractivity contribution in [2.75, 3.05) is 0 Å². The van der Waals surface area contributed by atoms with E-state index in [1.807, 2.05) is 38.3 Å². The molecule has 0 aliphatic rings. The summed E-state index contributed by atoms with van der Waals surface area (Å²) >= 11 is 1.63. The predicted molar refractivity (Wildman–Crippen MR) is 98.1 cm³/mol. The van der Waals surface area contributed by atoms with Gasteiger partial charge >= 0.3 is 0 Å². The van der Waals surface area contributed by atoms with Crippen LogP contribution in [0.25, 0.3) is 27.5 Å². The largest absolute Gasteiger partial charge is 0.360 e. The standard InChI is InChI=1S/C18H18N4O2S/c1-4-11-16(13(5-2)24-21-11)12-9-15(23)22-18(19-12)10(3)17(20-22)14-7-6-8-25-14/h6-9,20H,4-5H2,1-3H3. The van der Waals surface area contributed by atoms with Crippen molar-refractivity contribution in [3.05, 3.63) is 51.0 Å². The van der Waals surface area contributed by atoms with Crippen LogP contribution in [0.15, 0.2) is 32.9 Å². The summed E-state index contributed by atoms with van der Waals surface area (Å²) in [4.78, 5) is 18.5. The molecule has 6 nitrogen and oxygen atoms in total. The highest BCUT2D eigenvalue weighted by molar-refractivity contribution is 7.13. The number of nitrogens with one attached hydrogen (secondary N) is 1. The number of H-pyrrole nitrogens is 1. The number of rotatable bonds is 4. The van der Waals surface area contributed by atoms with Crippen molar-refractivity contribution in [2.24, 2.45) is 0 Å². The maximum atomic E-state index is 12.7. The molecule has 0 aromatic carbocycles. The van der Waals surface area contributed by atoms with Crippen LogP contribution in [-0.2, 0) is 12.8 Å². The topological polar surface area (TPSA) is 76.2 Å². The van der Waals surface area contributed by atoms with E-state index in [1.54, 1.807) is 17.4 Å². The van der Waals surface area contributed by atoms with Crippen molar-refractivity contribution in [2.45, 2.75) is 33.6 Å². The fourth-order valence-electron chi connectivity index (χ4n) is 3.07. The molecule has 4 aromatic rings. The van der Waals surface area contributed by atoms with Gasteiger partial charge in [0.25, 0.3) is 5.56 Å². The fourth-order valence-corrected chi connectivity index (χ4v) is 3.85. The van der Waals surface area contributed by atoms with Crippen LogP contribution >= 0.6 is 11.3 Å². The Balaban J connectivity index is 1.98. The lowest BCUT2D eigenvalue weighted by atomic mass is 10.1. The molecule has 1 N–H and O–H groups in total. The normalized spacial score (nSPS) is 11.5. The third-order valence-electron chi connectivity index (χ3n) is 4.37. The van der Waals surface area contributed by atoms with Gasteiger partial charge in [0.05, 0.1) is 27.5 Å². The molecule has 0 bridgehead atoms.